The van der Waals surface area contributed by atoms with Gasteiger partial charge in [-0.1, -0.05) is 47.5 Å². The molecule has 0 saturated carbocycles. The minimum absolute atomic E-state index is 0.0316. The van der Waals surface area contributed by atoms with E-state index in [2.05, 4.69) is 4.98 Å². The average molecular weight is 434 g/mol. The number of carbonyl (C=O) groups is 2. The van der Waals surface area contributed by atoms with Crippen LogP contribution in [0, 0.1) is 0 Å². The van der Waals surface area contributed by atoms with E-state index in [9.17, 15) is 14.7 Å². The van der Waals surface area contributed by atoms with Gasteiger partial charge in [0.1, 0.15) is 6.33 Å². The van der Waals surface area contributed by atoms with E-state index < -0.39 is 5.97 Å². The van der Waals surface area contributed by atoms with Gasteiger partial charge >= 0.3 is 5.97 Å². The summed E-state index contributed by atoms with van der Waals surface area (Å²) < 4.78 is 7.14. The van der Waals surface area contributed by atoms with Crippen molar-refractivity contribution < 1.29 is 19.1 Å². The Morgan fingerprint density at radius 1 is 1.21 bits per heavy atom. The van der Waals surface area contributed by atoms with Gasteiger partial charge in [-0.05, 0) is 29.5 Å². The summed E-state index contributed by atoms with van der Waals surface area (Å²) in [6.45, 7) is 0.817. The van der Waals surface area contributed by atoms with Gasteiger partial charge in [0.15, 0.2) is 16.1 Å². The molecule has 2 aromatic heterocycles. The number of nitrogens with zero attached hydrogens (tertiary/aromatic N) is 3. The van der Waals surface area contributed by atoms with Crippen LogP contribution in [0.15, 0.2) is 47.1 Å². The Morgan fingerprint density at radius 3 is 2.72 bits per heavy atom. The van der Waals surface area contributed by atoms with E-state index in [1.54, 1.807) is 17.0 Å². The van der Waals surface area contributed by atoms with Gasteiger partial charge in [0.2, 0.25) is 5.88 Å². The summed E-state index contributed by atoms with van der Waals surface area (Å²) in [6.07, 6.45) is 2.01. The molecular weight excluding hydrogens is 417 g/mol. The van der Waals surface area contributed by atoms with Gasteiger partial charge in [-0.2, -0.15) is 0 Å². The largest absolute Gasteiger partial charge is 0.481 e. The van der Waals surface area contributed by atoms with E-state index in [1.807, 2.05) is 24.3 Å². The normalized spacial score (nSPS) is 16.3. The number of furan rings is 1. The highest BCUT2D eigenvalue weighted by Crippen LogP contribution is 2.32. The summed E-state index contributed by atoms with van der Waals surface area (Å²) in [6, 6.07) is 10.8. The molecule has 1 amide bonds. The Labute approximate surface area is 176 Å². The lowest BCUT2D eigenvalue weighted by Gasteiger charge is -2.19. The molecule has 0 saturated heterocycles. The quantitative estimate of drug-likeness (QED) is 0.659. The molecule has 150 valence electrons. The summed E-state index contributed by atoms with van der Waals surface area (Å²) >= 11 is 11.9. The molecule has 4 rings (SSSR count). The van der Waals surface area contributed by atoms with Crippen LogP contribution in [-0.4, -0.2) is 38.0 Å². The zero-order chi connectivity index (χ0) is 20.5. The number of aliphatic carboxylic acids is 1. The van der Waals surface area contributed by atoms with Crippen LogP contribution < -0.4 is 0 Å². The molecular formula is C20H17Cl2N3O4. The number of carboxylic acids is 1. The second kappa shape index (κ2) is 7.93. The molecule has 1 N–H and O–H groups in total. The van der Waals surface area contributed by atoms with Gasteiger partial charge in [0.05, 0.1) is 6.42 Å². The minimum Gasteiger partial charge on any atom is -0.481 e. The number of carboxylic acid groups (broad SMARTS) is 1. The maximum atomic E-state index is 13.1. The molecule has 0 fully saturated rings. The topological polar surface area (TPSA) is 88.6 Å². The maximum Gasteiger partial charge on any atom is 0.303 e. The van der Waals surface area contributed by atoms with E-state index in [4.69, 9.17) is 27.6 Å². The maximum absolute atomic E-state index is 13.1. The highest BCUT2D eigenvalue weighted by Gasteiger charge is 2.28. The lowest BCUT2D eigenvalue weighted by atomic mass is 9.90. The molecule has 9 heteroatoms. The van der Waals surface area contributed by atoms with Crippen molar-refractivity contribution in [3.05, 3.63) is 69.9 Å². The highest BCUT2D eigenvalue weighted by molar-refractivity contribution is 6.40. The summed E-state index contributed by atoms with van der Waals surface area (Å²) in [7, 11) is 0. The molecule has 1 aliphatic heterocycles. The fourth-order valence-electron chi connectivity index (χ4n) is 3.62. The van der Waals surface area contributed by atoms with Crippen LogP contribution >= 0.6 is 23.2 Å². The molecule has 3 heterocycles. The van der Waals surface area contributed by atoms with Crippen molar-refractivity contribution in [1.82, 2.24) is 14.5 Å². The first-order valence-corrected chi connectivity index (χ1v) is 9.77. The van der Waals surface area contributed by atoms with Crippen molar-refractivity contribution in [2.75, 3.05) is 6.54 Å². The molecule has 0 aliphatic carbocycles. The Kier molecular flexibility index (Phi) is 5.34. The summed E-state index contributed by atoms with van der Waals surface area (Å²) in [5.74, 6) is -0.771. The second-order valence-electron chi connectivity index (χ2n) is 6.84. The first-order chi connectivity index (χ1) is 13.9. The van der Waals surface area contributed by atoms with Gasteiger partial charge in [0.25, 0.3) is 5.91 Å². The van der Waals surface area contributed by atoms with E-state index in [0.29, 0.717) is 25.4 Å². The molecule has 1 aliphatic rings. The lowest BCUT2D eigenvalue weighted by molar-refractivity contribution is -0.137. The molecule has 0 spiro atoms. The van der Waals surface area contributed by atoms with Crippen LogP contribution in [0.1, 0.15) is 40.4 Å². The minimum atomic E-state index is -0.851. The Bertz CT molecular complexity index is 1080. The first kappa shape index (κ1) is 19.5. The Morgan fingerprint density at radius 2 is 2.00 bits per heavy atom. The number of hydrogen-bond acceptors (Lipinski definition) is 4. The molecule has 0 radical (unpaired) electrons. The molecule has 7 nitrogen and oxygen atoms in total. The molecule has 3 aromatic rings. The fraction of sp³-hybridized carbons (Fsp3) is 0.250. The van der Waals surface area contributed by atoms with Crippen LogP contribution in [0.2, 0.25) is 10.3 Å². The smallest absolute Gasteiger partial charge is 0.303 e. The lowest BCUT2D eigenvalue weighted by Crippen LogP contribution is -2.30. The third kappa shape index (κ3) is 3.88. The van der Waals surface area contributed by atoms with E-state index in [1.165, 1.54) is 10.9 Å². The Hall–Kier alpha value is -2.77. The predicted molar refractivity (Wildman–Crippen MR) is 107 cm³/mol. The second-order valence-corrected chi connectivity index (χ2v) is 7.56. The van der Waals surface area contributed by atoms with Gasteiger partial charge < -0.3 is 14.4 Å². The molecule has 1 aromatic carbocycles. The van der Waals surface area contributed by atoms with Crippen molar-refractivity contribution in [2.45, 2.75) is 25.3 Å². The summed E-state index contributed by atoms with van der Waals surface area (Å²) in [5, 5.41) is 9.59. The van der Waals surface area contributed by atoms with Crippen LogP contribution in [0.4, 0.5) is 0 Å². The third-order valence-corrected chi connectivity index (χ3v) is 5.75. The molecule has 29 heavy (non-hydrogen) atoms. The number of benzene rings is 1. The number of amides is 1. The van der Waals surface area contributed by atoms with Crippen molar-refractivity contribution in [1.29, 1.82) is 0 Å². The van der Waals surface area contributed by atoms with Crippen LogP contribution in [0.5, 0.6) is 0 Å². The van der Waals surface area contributed by atoms with Crippen LogP contribution in [-0.2, 0) is 11.3 Å². The standard InChI is InChI=1S/C20H17Cl2N3O4/c21-18-19(22)25(11-23-18)16-6-5-15(29-16)20(28)24-8-7-12(9-17(26)27)14-4-2-1-3-13(14)10-24/h1-6,11-12H,7-10H2,(H,26,27). The fourth-order valence-corrected chi connectivity index (χ4v) is 3.93. The molecule has 1 unspecified atom stereocenters. The van der Waals surface area contributed by atoms with Gasteiger partial charge in [-0.15, -0.1) is 0 Å². The van der Waals surface area contributed by atoms with Gasteiger partial charge in [0, 0.05) is 19.2 Å². The predicted octanol–water partition coefficient (Wildman–Crippen LogP) is 4.38. The SMILES string of the molecule is O=C(O)CC1CCN(C(=O)c2ccc(-n3cnc(Cl)c3Cl)o2)Cc2ccccc21. The van der Waals surface area contributed by atoms with Gasteiger partial charge in [-0.3, -0.25) is 14.2 Å². The van der Waals surface area contributed by atoms with E-state index in [-0.39, 0.29) is 34.3 Å². The number of halogens is 2. The molecule has 1 atom stereocenters. The van der Waals surface area contributed by atoms with Gasteiger partial charge in [-0.25, -0.2) is 4.98 Å². The number of fused-ring (bicyclic) bond motifs is 1. The van der Waals surface area contributed by atoms with Crippen LogP contribution in [0.25, 0.3) is 5.88 Å². The summed E-state index contributed by atoms with van der Waals surface area (Å²) in [4.78, 5) is 29.9. The highest BCUT2D eigenvalue weighted by atomic mass is 35.5. The Balaban J connectivity index is 1.59. The van der Waals surface area contributed by atoms with Crippen molar-refractivity contribution in [2.24, 2.45) is 0 Å². The monoisotopic (exact) mass is 433 g/mol. The summed E-state index contributed by atoms with van der Waals surface area (Å²) in [5.41, 5.74) is 1.92. The number of rotatable bonds is 4. The number of aromatic nitrogens is 2. The van der Waals surface area contributed by atoms with Crippen molar-refractivity contribution >= 4 is 35.1 Å². The number of hydrogen-bond donors (Lipinski definition) is 1. The number of carbonyl (C=O) groups excluding carboxylic acids is 1. The molecule has 0 bridgehead atoms. The average Bonchev–Trinajstić information content (AvgIpc) is 3.26. The number of imidazole rings is 1. The first-order valence-electron chi connectivity index (χ1n) is 9.01. The third-order valence-electron chi connectivity index (χ3n) is 5.02. The van der Waals surface area contributed by atoms with E-state index >= 15 is 0 Å². The van der Waals surface area contributed by atoms with E-state index in [0.717, 1.165) is 11.1 Å². The zero-order valence-corrected chi connectivity index (χ0v) is 16.7. The van der Waals surface area contributed by atoms with Crippen LogP contribution in [0.3, 0.4) is 0 Å². The van der Waals surface area contributed by atoms with Crippen molar-refractivity contribution in [3.8, 4) is 5.88 Å². The zero-order valence-electron chi connectivity index (χ0n) is 15.2. The van der Waals surface area contributed by atoms with Crippen molar-refractivity contribution in [3.63, 3.8) is 0 Å².